The molecule has 18 heavy (non-hydrogen) atoms. The third kappa shape index (κ3) is 3.11. The van der Waals surface area contributed by atoms with E-state index < -0.39 is 0 Å². The molecule has 2 N–H and O–H groups in total. The Balaban J connectivity index is 2.11. The second kappa shape index (κ2) is 6.01. The number of thioether (sulfide) groups is 1. The van der Waals surface area contributed by atoms with Crippen LogP contribution in [0.2, 0.25) is 0 Å². The highest BCUT2D eigenvalue weighted by Gasteiger charge is 2.05. The molecule has 5 nitrogen and oxygen atoms in total. The zero-order valence-electron chi connectivity index (χ0n) is 10.5. The van der Waals surface area contributed by atoms with E-state index in [1.807, 2.05) is 31.8 Å². The quantitative estimate of drug-likeness (QED) is 0.649. The van der Waals surface area contributed by atoms with Gasteiger partial charge in [0.25, 0.3) is 0 Å². The molecular formula is C11H15N5S2. The van der Waals surface area contributed by atoms with E-state index in [4.69, 9.17) is 0 Å². The summed E-state index contributed by atoms with van der Waals surface area (Å²) in [5.41, 5.74) is 2.93. The minimum atomic E-state index is 0.741. The minimum absolute atomic E-state index is 0.741. The Morgan fingerprint density at radius 3 is 2.72 bits per heavy atom. The normalized spacial score (nSPS) is 10.4. The fourth-order valence-electron chi connectivity index (χ4n) is 1.40. The monoisotopic (exact) mass is 281 g/mol. The molecule has 2 rings (SSSR count). The Hall–Kier alpha value is -1.34. The molecule has 0 radical (unpaired) electrons. The summed E-state index contributed by atoms with van der Waals surface area (Å²) in [6.45, 7) is 2.75. The fraction of sp³-hybridized carbons (Fsp3) is 0.364. The first-order valence-corrected chi connectivity index (χ1v) is 7.57. The minimum Gasteiger partial charge on any atom is -0.373 e. The molecule has 2 heterocycles. The van der Waals surface area contributed by atoms with Crippen molar-refractivity contribution in [1.29, 1.82) is 0 Å². The standard InChI is InChI=1S/C11H15N5S2/c1-7-8(18-6-14-7)5-13-10-4-9(12-2)15-11(16-10)17-3/h4,6H,5H2,1-3H3,(H2,12,13,15,16). The molecule has 2 aromatic rings. The number of hydrogen-bond donors (Lipinski definition) is 2. The summed E-state index contributed by atoms with van der Waals surface area (Å²) in [4.78, 5) is 14.2. The van der Waals surface area contributed by atoms with Gasteiger partial charge in [-0.05, 0) is 13.2 Å². The van der Waals surface area contributed by atoms with Gasteiger partial charge in [-0.15, -0.1) is 11.3 Å². The number of thiazole rings is 1. The molecule has 0 fully saturated rings. The van der Waals surface area contributed by atoms with Gasteiger partial charge in [0.1, 0.15) is 11.6 Å². The number of nitrogens with zero attached hydrogens (tertiary/aromatic N) is 3. The van der Waals surface area contributed by atoms with E-state index in [-0.39, 0.29) is 0 Å². The van der Waals surface area contributed by atoms with Gasteiger partial charge in [-0.2, -0.15) is 0 Å². The Kier molecular flexibility index (Phi) is 4.38. The van der Waals surface area contributed by atoms with Crippen LogP contribution >= 0.6 is 23.1 Å². The van der Waals surface area contributed by atoms with Gasteiger partial charge in [0.2, 0.25) is 0 Å². The van der Waals surface area contributed by atoms with E-state index in [1.165, 1.54) is 16.6 Å². The van der Waals surface area contributed by atoms with Crippen LogP contribution in [0.5, 0.6) is 0 Å². The van der Waals surface area contributed by atoms with E-state index in [1.54, 1.807) is 11.3 Å². The molecule has 0 saturated carbocycles. The zero-order chi connectivity index (χ0) is 13.0. The van der Waals surface area contributed by atoms with Gasteiger partial charge in [-0.25, -0.2) is 15.0 Å². The van der Waals surface area contributed by atoms with E-state index in [0.717, 1.165) is 29.0 Å². The van der Waals surface area contributed by atoms with Crippen molar-refractivity contribution in [2.24, 2.45) is 0 Å². The molecule has 96 valence electrons. The van der Waals surface area contributed by atoms with Crippen LogP contribution in [0.3, 0.4) is 0 Å². The first-order chi connectivity index (χ1) is 8.72. The lowest BCUT2D eigenvalue weighted by Gasteiger charge is -2.08. The second-order valence-electron chi connectivity index (χ2n) is 3.59. The van der Waals surface area contributed by atoms with Crippen LogP contribution in [0.1, 0.15) is 10.6 Å². The maximum absolute atomic E-state index is 4.41. The van der Waals surface area contributed by atoms with Gasteiger partial charge in [0, 0.05) is 18.0 Å². The highest BCUT2D eigenvalue weighted by molar-refractivity contribution is 7.98. The third-order valence-electron chi connectivity index (χ3n) is 2.42. The summed E-state index contributed by atoms with van der Waals surface area (Å²) in [6, 6.07) is 1.90. The number of nitrogens with one attached hydrogen (secondary N) is 2. The van der Waals surface area contributed by atoms with Crippen molar-refractivity contribution < 1.29 is 0 Å². The lowest BCUT2D eigenvalue weighted by Crippen LogP contribution is -2.04. The maximum Gasteiger partial charge on any atom is 0.191 e. The first kappa shape index (κ1) is 13.1. The summed E-state index contributed by atoms with van der Waals surface area (Å²) >= 11 is 3.18. The molecule has 7 heteroatoms. The molecule has 0 aliphatic carbocycles. The third-order valence-corrected chi connectivity index (χ3v) is 3.90. The molecule has 0 aliphatic rings. The first-order valence-electron chi connectivity index (χ1n) is 5.46. The molecule has 0 aliphatic heterocycles. The van der Waals surface area contributed by atoms with E-state index in [2.05, 4.69) is 25.6 Å². The molecule has 0 unspecified atom stereocenters. The number of hydrogen-bond acceptors (Lipinski definition) is 7. The Morgan fingerprint density at radius 2 is 2.11 bits per heavy atom. The molecule has 0 spiro atoms. The van der Waals surface area contributed by atoms with Crippen LogP contribution in [0, 0.1) is 6.92 Å². The molecule has 2 aromatic heterocycles. The van der Waals surface area contributed by atoms with Crippen LogP contribution in [0.25, 0.3) is 0 Å². The Bertz CT molecular complexity index is 504. The highest BCUT2D eigenvalue weighted by Crippen LogP contribution is 2.19. The van der Waals surface area contributed by atoms with Gasteiger partial charge >= 0.3 is 0 Å². The topological polar surface area (TPSA) is 62.7 Å². The smallest absolute Gasteiger partial charge is 0.191 e. The second-order valence-corrected chi connectivity index (χ2v) is 5.30. The predicted molar refractivity (Wildman–Crippen MR) is 77.5 cm³/mol. The SMILES string of the molecule is CNc1cc(NCc2scnc2C)nc(SC)n1. The van der Waals surface area contributed by atoms with Crippen LogP contribution < -0.4 is 10.6 Å². The average molecular weight is 281 g/mol. The summed E-state index contributed by atoms with van der Waals surface area (Å²) in [7, 11) is 1.85. The fourth-order valence-corrected chi connectivity index (χ4v) is 2.50. The lowest BCUT2D eigenvalue weighted by molar-refractivity contribution is 0.958. The number of anilines is 2. The van der Waals surface area contributed by atoms with E-state index >= 15 is 0 Å². The van der Waals surface area contributed by atoms with Crippen molar-refractivity contribution in [2.75, 3.05) is 23.9 Å². The summed E-state index contributed by atoms with van der Waals surface area (Å²) in [5, 5.41) is 7.09. The van der Waals surface area contributed by atoms with Crippen LogP contribution in [-0.2, 0) is 6.54 Å². The molecule has 0 saturated heterocycles. The molecular weight excluding hydrogens is 266 g/mol. The number of aromatic nitrogens is 3. The molecule has 0 aromatic carbocycles. The maximum atomic E-state index is 4.41. The largest absolute Gasteiger partial charge is 0.373 e. The Morgan fingerprint density at radius 1 is 1.33 bits per heavy atom. The van der Waals surface area contributed by atoms with Crippen molar-refractivity contribution in [3.05, 3.63) is 22.1 Å². The van der Waals surface area contributed by atoms with Gasteiger partial charge in [0.15, 0.2) is 5.16 Å². The van der Waals surface area contributed by atoms with Crippen molar-refractivity contribution in [1.82, 2.24) is 15.0 Å². The van der Waals surface area contributed by atoms with Gasteiger partial charge in [-0.1, -0.05) is 11.8 Å². The number of rotatable bonds is 5. The lowest BCUT2D eigenvalue weighted by atomic mass is 10.4. The van der Waals surface area contributed by atoms with Crippen molar-refractivity contribution >= 4 is 34.7 Å². The van der Waals surface area contributed by atoms with Crippen LogP contribution in [-0.4, -0.2) is 28.3 Å². The molecule has 0 bridgehead atoms. The van der Waals surface area contributed by atoms with Gasteiger partial charge in [-0.3, -0.25) is 0 Å². The van der Waals surface area contributed by atoms with Crippen LogP contribution in [0.4, 0.5) is 11.6 Å². The summed E-state index contributed by atoms with van der Waals surface area (Å²) in [6.07, 6.45) is 1.96. The predicted octanol–water partition coefficient (Wildman–Crippen LogP) is 2.62. The van der Waals surface area contributed by atoms with E-state index in [0.29, 0.717) is 0 Å². The number of aryl methyl sites for hydroxylation is 1. The molecule has 0 atom stereocenters. The highest BCUT2D eigenvalue weighted by atomic mass is 32.2. The van der Waals surface area contributed by atoms with Crippen LogP contribution in [0.15, 0.2) is 16.7 Å². The van der Waals surface area contributed by atoms with Gasteiger partial charge in [0.05, 0.1) is 17.7 Å². The van der Waals surface area contributed by atoms with Gasteiger partial charge < -0.3 is 10.6 Å². The molecule has 0 amide bonds. The van der Waals surface area contributed by atoms with E-state index in [9.17, 15) is 0 Å². The van der Waals surface area contributed by atoms with Crippen molar-refractivity contribution in [3.63, 3.8) is 0 Å². The summed E-state index contributed by atoms with van der Waals surface area (Å²) in [5.74, 6) is 1.64. The average Bonchev–Trinajstić information content (AvgIpc) is 2.81. The van der Waals surface area contributed by atoms with Crippen molar-refractivity contribution in [2.45, 2.75) is 18.6 Å². The Labute approximate surface area is 114 Å². The zero-order valence-corrected chi connectivity index (χ0v) is 12.2. The summed E-state index contributed by atoms with van der Waals surface area (Å²) < 4.78 is 0. The van der Waals surface area contributed by atoms with Crippen molar-refractivity contribution in [3.8, 4) is 0 Å².